The van der Waals surface area contributed by atoms with Gasteiger partial charge in [-0.05, 0) is 38.1 Å². The Morgan fingerprint density at radius 1 is 1.44 bits per heavy atom. The van der Waals surface area contributed by atoms with Gasteiger partial charge in [-0.1, -0.05) is 20.8 Å². The van der Waals surface area contributed by atoms with E-state index in [1.807, 2.05) is 6.92 Å². The highest BCUT2D eigenvalue weighted by Crippen LogP contribution is 2.44. The van der Waals surface area contributed by atoms with E-state index in [1.54, 1.807) is 0 Å². The van der Waals surface area contributed by atoms with Crippen LogP contribution in [0.25, 0.3) is 0 Å². The zero-order chi connectivity index (χ0) is 12.2. The third-order valence-electron chi connectivity index (χ3n) is 3.59. The molecule has 1 fully saturated rings. The quantitative estimate of drug-likeness (QED) is 0.708. The van der Waals surface area contributed by atoms with Crippen molar-refractivity contribution >= 4 is 5.97 Å². The number of nitrogens with one attached hydrogen (secondary N) is 1. The van der Waals surface area contributed by atoms with Crippen LogP contribution in [0, 0.1) is 11.8 Å². The predicted molar refractivity (Wildman–Crippen MR) is 65.2 cm³/mol. The summed E-state index contributed by atoms with van der Waals surface area (Å²) >= 11 is 0. The summed E-state index contributed by atoms with van der Waals surface area (Å²) in [4.78, 5) is 11.5. The highest BCUT2D eigenvalue weighted by atomic mass is 16.5. The number of ether oxygens (including phenoxy) is 1. The standard InChI is InChI=1S/C13H25NO2/c1-5-14-13(9-12(15)16-6-2)7-11(8-13)10(3)4/h10-11,14H,5-9H2,1-4H3. The first-order chi connectivity index (χ1) is 7.53. The molecule has 3 heteroatoms. The monoisotopic (exact) mass is 227 g/mol. The van der Waals surface area contributed by atoms with Crippen molar-refractivity contribution in [3.8, 4) is 0 Å². The average Bonchev–Trinajstić information content (AvgIpc) is 2.13. The molecule has 0 radical (unpaired) electrons. The molecule has 0 aromatic carbocycles. The Morgan fingerprint density at radius 2 is 2.06 bits per heavy atom. The smallest absolute Gasteiger partial charge is 0.307 e. The molecular weight excluding hydrogens is 202 g/mol. The van der Waals surface area contributed by atoms with E-state index in [4.69, 9.17) is 4.74 Å². The van der Waals surface area contributed by atoms with Gasteiger partial charge in [0.2, 0.25) is 0 Å². The van der Waals surface area contributed by atoms with Gasteiger partial charge in [-0.15, -0.1) is 0 Å². The van der Waals surface area contributed by atoms with Crippen molar-refractivity contribution in [2.75, 3.05) is 13.2 Å². The number of carbonyl (C=O) groups excluding carboxylic acids is 1. The van der Waals surface area contributed by atoms with Crippen molar-refractivity contribution in [2.24, 2.45) is 11.8 Å². The lowest BCUT2D eigenvalue weighted by molar-refractivity contribution is -0.146. The fourth-order valence-corrected chi connectivity index (χ4v) is 2.63. The van der Waals surface area contributed by atoms with Crippen LogP contribution in [0.5, 0.6) is 0 Å². The van der Waals surface area contributed by atoms with Crippen LogP contribution < -0.4 is 5.32 Å². The predicted octanol–water partition coefficient (Wildman–Crippen LogP) is 2.35. The van der Waals surface area contributed by atoms with Gasteiger partial charge in [-0.25, -0.2) is 0 Å². The summed E-state index contributed by atoms with van der Waals surface area (Å²) in [6.45, 7) is 9.86. The Labute approximate surface area is 98.9 Å². The average molecular weight is 227 g/mol. The van der Waals surface area contributed by atoms with E-state index < -0.39 is 0 Å². The summed E-state index contributed by atoms with van der Waals surface area (Å²) < 4.78 is 5.04. The zero-order valence-electron chi connectivity index (χ0n) is 11.0. The second-order valence-corrected chi connectivity index (χ2v) is 5.20. The van der Waals surface area contributed by atoms with E-state index in [0.29, 0.717) is 18.9 Å². The van der Waals surface area contributed by atoms with Crippen molar-refractivity contribution in [3.63, 3.8) is 0 Å². The molecule has 1 aliphatic rings. The molecule has 1 N–H and O–H groups in total. The third kappa shape index (κ3) is 3.21. The van der Waals surface area contributed by atoms with Gasteiger partial charge < -0.3 is 10.1 Å². The molecule has 1 saturated carbocycles. The van der Waals surface area contributed by atoms with Crippen molar-refractivity contribution in [3.05, 3.63) is 0 Å². The Morgan fingerprint density at radius 3 is 2.50 bits per heavy atom. The molecule has 1 rings (SSSR count). The highest BCUT2D eigenvalue weighted by Gasteiger charge is 2.46. The normalized spacial score (nSPS) is 28.9. The number of rotatable bonds is 6. The van der Waals surface area contributed by atoms with Crippen LogP contribution in [0.3, 0.4) is 0 Å². The van der Waals surface area contributed by atoms with Crippen LogP contribution >= 0.6 is 0 Å². The van der Waals surface area contributed by atoms with Gasteiger partial charge in [0.25, 0.3) is 0 Å². The number of esters is 1. The number of carbonyl (C=O) groups is 1. The van der Waals surface area contributed by atoms with Crippen LogP contribution in [0.2, 0.25) is 0 Å². The summed E-state index contributed by atoms with van der Waals surface area (Å²) in [5, 5.41) is 3.47. The molecule has 0 amide bonds. The lowest BCUT2D eigenvalue weighted by atomic mass is 9.62. The summed E-state index contributed by atoms with van der Waals surface area (Å²) in [6.07, 6.45) is 2.74. The maximum absolute atomic E-state index is 11.5. The maximum atomic E-state index is 11.5. The Kier molecular flexibility index (Phi) is 4.78. The fraction of sp³-hybridized carbons (Fsp3) is 0.923. The van der Waals surface area contributed by atoms with E-state index in [2.05, 4.69) is 26.1 Å². The van der Waals surface area contributed by atoms with Gasteiger partial charge in [0.1, 0.15) is 0 Å². The molecule has 0 saturated heterocycles. The van der Waals surface area contributed by atoms with Crippen LogP contribution in [0.4, 0.5) is 0 Å². The van der Waals surface area contributed by atoms with E-state index >= 15 is 0 Å². The summed E-state index contributed by atoms with van der Waals surface area (Å²) in [5.41, 5.74) is 0.0238. The summed E-state index contributed by atoms with van der Waals surface area (Å²) in [7, 11) is 0. The van der Waals surface area contributed by atoms with Gasteiger partial charge in [0, 0.05) is 5.54 Å². The molecule has 0 atom stereocenters. The van der Waals surface area contributed by atoms with Crippen molar-refractivity contribution in [2.45, 2.75) is 52.5 Å². The van der Waals surface area contributed by atoms with E-state index in [-0.39, 0.29) is 11.5 Å². The lowest BCUT2D eigenvalue weighted by Gasteiger charge is -2.49. The Balaban J connectivity index is 2.47. The molecule has 0 unspecified atom stereocenters. The highest BCUT2D eigenvalue weighted by molar-refractivity contribution is 5.71. The second kappa shape index (κ2) is 5.67. The molecule has 0 aliphatic heterocycles. The van der Waals surface area contributed by atoms with Crippen molar-refractivity contribution in [1.82, 2.24) is 5.32 Å². The Hall–Kier alpha value is -0.570. The van der Waals surface area contributed by atoms with Crippen LogP contribution in [0.15, 0.2) is 0 Å². The first-order valence-electron chi connectivity index (χ1n) is 6.43. The van der Waals surface area contributed by atoms with Crippen LogP contribution in [-0.2, 0) is 9.53 Å². The minimum absolute atomic E-state index is 0.0238. The van der Waals surface area contributed by atoms with Crippen LogP contribution in [-0.4, -0.2) is 24.7 Å². The van der Waals surface area contributed by atoms with Crippen molar-refractivity contribution in [1.29, 1.82) is 0 Å². The maximum Gasteiger partial charge on any atom is 0.307 e. The molecule has 0 bridgehead atoms. The zero-order valence-corrected chi connectivity index (χ0v) is 11.0. The molecule has 1 aliphatic carbocycles. The first-order valence-corrected chi connectivity index (χ1v) is 6.43. The van der Waals surface area contributed by atoms with E-state index in [9.17, 15) is 4.79 Å². The van der Waals surface area contributed by atoms with Gasteiger partial charge in [0.05, 0.1) is 13.0 Å². The topological polar surface area (TPSA) is 38.3 Å². The Bertz CT molecular complexity index is 232. The van der Waals surface area contributed by atoms with E-state index in [0.717, 1.165) is 25.3 Å². The number of hydrogen-bond donors (Lipinski definition) is 1. The molecular formula is C13H25NO2. The SMILES string of the molecule is CCNC1(CC(=O)OCC)CC(C(C)C)C1. The minimum atomic E-state index is -0.0642. The number of hydrogen-bond acceptors (Lipinski definition) is 3. The van der Waals surface area contributed by atoms with Gasteiger partial charge in [-0.2, -0.15) is 0 Å². The van der Waals surface area contributed by atoms with Gasteiger partial charge in [-0.3, -0.25) is 4.79 Å². The fourth-order valence-electron chi connectivity index (χ4n) is 2.63. The second-order valence-electron chi connectivity index (χ2n) is 5.20. The first kappa shape index (κ1) is 13.5. The van der Waals surface area contributed by atoms with Crippen LogP contribution in [0.1, 0.15) is 47.0 Å². The molecule has 0 aromatic rings. The molecule has 16 heavy (non-hydrogen) atoms. The minimum Gasteiger partial charge on any atom is -0.466 e. The van der Waals surface area contributed by atoms with Gasteiger partial charge in [0.15, 0.2) is 0 Å². The third-order valence-corrected chi connectivity index (χ3v) is 3.59. The molecule has 3 nitrogen and oxygen atoms in total. The summed E-state index contributed by atoms with van der Waals surface area (Å²) in [5.74, 6) is 1.41. The molecule has 0 spiro atoms. The van der Waals surface area contributed by atoms with E-state index in [1.165, 1.54) is 0 Å². The van der Waals surface area contributed by atoms with Crippen molar-refractivity contribution < 1.29 is 9.53 Å². The largest absolute Gasteiger partial charge is 0.466 e. The lowest BCUT2D eigenvalue weighted by Crippen LogP contribution is -2.57. The van der Waals surface area contributed by atoms with Gasteiger partial charge >= 0.3 is 5.97 Å². The molecule has 94 valence electrons. The molecule has 0 aromatic heterocycles. The molecule has 0 heterocycles. The summed E-state index contributed by atoms with van der Waals surface area (Å²) in [6, 6.07) is 0.